The molecule has 0 aromatic rings. The summed E-state index contributed by atoms with van der Waals surface area (Å²) >= 11 is 0. The second kappa shape index (κ2) is 8.38. The summed E-state index contributed by atoms with van der Waals surface area (Å²) in [4.78, 5) is 0. The third-order valence-electron chi connectivity index (χ3n) is 1.15. The average Bonchev–Trinajstić information content (AvgIpc) is 1.97. The minimum atomic E-state index is -0.236. The van der Waals surface area contributed by atoms with Gasteiger partial charge in [0, 0.05) is 13.0 Å². The third-order valence-corrected chi connectivity index (χ3v) is 1.15. The van der Waals surface area contributed by atoms with Gasteiger partial charge < -0.3 is 5.32 Å². The molecule has 0 spiro atoms. The van der Waals surface area contributed by atoms with Crippen LogP contribution in [0.1, 0.15) is 19.3 Å². The first-order valence-electron chi connectivity index (χ1n) is 3.55. The highest BCUT2D eigenvalue weighted by atomic mass is 19.1. The summed E-state index contributed by atoms with van der Waals surface area (Å²) in [6.07, 6.45) is 2.02. The molecule has 0 heterocycles. The van der Waals surface area contributed by atoms with E-state index in [-0.39, 0.29) is 6.67 Å². The van der Waals surface area contributed by atoms with Crippen molar-refractivity contribution in [2.75, 3.05) is 19.8 Å². The van der Waals surface area contributed by atoms with Gasteiger partial charge in [-0.05, 0) is 19.4 Å². The number of hydrogen-bond acceptors (Lipinski definition) is 2. The summed E-state index contributed by atoms with van der Waals surface area (Å²) in [5.41, 5.74) is 0. The zero-order valence-electron chi connectivity index (χ0n) is 6.07. The second-order valence-corrected chi connectivity index (χ2v) is 2.05. The van der Waals surface area contributed by atoms with Crippen molar-refractivity contribution in [3.63, 3.8) is 0 Å². The lowest BCUT2D eigenvalue weighted by molar-refractivity contribution is 0.455. The lowest BCUT2D eigenvalue weighted by Crippen LogP contribution is -2.16. The van der Waals surface area contributed by atoms with Crippen LogP contribution >= 0.6 is 0 Å². The number of rotatable bonds is 6. The third kappa shape index (κ3) is 7.38. The number of halogens is 1. The molecule has 0 aromatic heterocycles. The van der Waals surface area contributed by atoms with Crippen molar-refractivity contribution in [3.8, 4) is 6.07 Å². The molecule has 0 atom stereocenters. The van der Waals surface area contributed by atoms with Crippen LogP contribution in [-0.2, 0) is 0 Å². The molecule has 0 aromatic carbocycles. The van der Waals surface area contributed by atoms with E-state index in [1.807, 2.05) is 6.07 Å². The Bertz CT molecular complexity index is 98.3. The molecule has 0 aliphatic heterocycles. The quantitative estimate of drug-likeness (QED) is 0.569. The maximum Gasteiger partial charge on any atom is 0.0894 e. The maximum atomic E-state index is 11.5. The van der Waals surface area contributed by atoms with Crippen molar-refractivity contribution in [2.24, 2.45) is 0 Å². The number of nitriles is 1. The summed E-state index contributed by atoms with van der Waals surface area (Å²) in [5.74, 6) is 0. The molecule has 2 nitrogen and oxygen atoms in total. The number of hydrogen-bond donors (Lipinski definition) is 1. The van der Waals surface area contributed by atoms with Crippen LogP contribution in [-0.4, -0.2) is 19.8 Å². The zero-order valence-corrected chi connectivity index (χ0v) is 6.07. The van der Waals surface area contributed by atoms with Gasteiger partial charge >= 0.3 is 0 Å². The van der Waals surface area contributed by atoms with Crippen LogP contribution in [0.2, 0.25) is 0 Å². The van der Waals surface area contributed by atoms with Crippen molar-refractivity contribution in [3.05, 3.63) is 0 Å². The van der Waals surface area contributed by atoms with E-state index in [9.17, 15) is 4.39 Å². The van der Waals surface area contributed by atoms with Gasteiger partial charge in [-0.15, -0.1) is 0 Å². The van der Waals surface area contributed by atoms with E-state index in [0.29, 0.717) is 12.8 Å². The Hall–Kier alpha value is -0.620. The van der Waals surface area contributed by atoms with Gasteiger partial charge in [0.2, 0.25) is 0 Å². The van der Waals surface area contributed by atoms with Gasteiger partial charge in [0.05, 0.1) is 12.7 Å². The fourth-order valence-electron chi connectivity index (χ4n) is 0.614. The minimum Gasteiger partial charge on any atom is -0.316 e. The Balaban J connectivity index is 2.72. The van der Waals surface area contributed by atoms with Crippen LogP contribution in [0.25, 0.3) is 0 Å². The Labute approximate surface area is 61.0 Å². The van der Waals surface area contributed by atoms with Crippen LogP contribution in [0.4, 0.5) is 4.39 Å². The molecule has 0 rings (SSSR count). The molecule has 0 saturated heterocycles. The molecule has 0 saturated carbocycles. The first-order chi connectivity index (χ1) is 4.91. The topological polar surface area (TPSA) is 35.8 Å². The first-order valence-corrected chi connectivity index (χ1v) is 3.55. The summed E-state index contributed by atoms with van der Waals surface area (Å²) < 4.78 is 11.5. The highest BCUT2D eigenvalue weighted by molar-refractivity contribution is 4.69. The monoisotopic (exact) mass is 144 g/mol. The molecular weight excluding hydrogens is 131 g/mol. The van der Waals surface area contributed by atoms with Gasteiger partial charge in [0.1, 0.15) is 0 Å². The summed E-state index contributed by atoms with van der Waals surface area (Å²) in [7, 11) is 0. The van der Waals surface area contributed by atoms with E-state index in [0.717, 1.165) is 19.5 Å². The Kier molecular flexibility index (Phi) is 7.86. The Morgan fingerprint density at radius 1 is 1.30 bits per heavy atom. The van der Waals surface area contributed by atoms with Gasteiger partial charge in [-0.3, -0.25) is 4.39 Å². The van der Waals surface area contributed by atoms with Crippen LogP contribution in [0.5, 0.6) is 0 Å². The smallest absolute Gasteiger partial charge is 0.0894 e. The van der Waals surface area contributed by atoms with Crippen molar-refractivity contribution < 1.29 is 4.39 Å². The van der Waals surface area contributed by atoms with Gasteiger partial charge in [-0.1, -0.05) is 0 Å². The van der Waals surface area contributed by atoms with Crippen molar-refractivity contribution in [1.82, 2.24) is 5.32 Å². The average molecular weight is 144 g/mol. The molecule has 3 heteroatoms. The number of alkyl halides is 1. The normalized spacial score (nSPS) is 9.20. The molecule has 0 aliphatic rings. The van der Waals surface area contributed by atoms with Gasteiger partial charge in [0.25, 0.3) is 0 Å². The van der Waals surface area contributed by atoms with E-state index in [2.05, 4.69) is 5.32 Å². The van der Waals surface area contributed by atoms with E-state index < -0.39 is 0 Å². The van der Waals surface area contributed by atoms with E-state index in [4.69, 9.17) is 5.26 Å². The molecule has 0 fully saturated rings. The summed E-state index contributed by atoms with van der Waals surface area (Å²) in [6.45, 7) is 1.31. The highest BCUT2D eigenvalue weighted by Gasteiger charge is 1.86. The molecular formula is C7H13FN2. The maximum absolute atomic E-state index is 11.5. The standard InChI is InChI=1S/C7H13FN2/c8-4-1-2-6-10-7-3-5-9/h10H,1-4,6-7H2. The second-order valence-electron chi connectivity index (χ2n) is 2.05. The van der Waals surface area contributed by atoms with Crippen molar-refractivity contribution >= 4 is 0 Å². The van der Waals surface area contributed by atoms with Crippen molar-refractivity contribution in [1.29, 1.82) is 5.26 Å². The molecule has 0 aliphatic carbocycles. The number of nitrogens with one attached hydrogen (secondary N) is 1. The molecule has 58 valence electrons. The molecule has 0 unspecified atom stereocenters. The van der Waals surface area contributed by atoms with Gasteiger partial charge in [0.15, 0.2) is 0 Å². The Morgan fingerprint density at radius 3 is 2.70 bits per heavy atom. The van der Waals surface area contributed by atoms with Crippen LogP contribution in [0, 0.1) is 11.3 Å². The van der Waals surface area contributed by atoms with E-state index in [1.165, 1.54) is 0 Å². The number of unbranched alkanes of at least 4 members (excludes halogenated alkanes) is 1. The predicted octanol–water partition coefficient (Wildman–Crippen LogP) is 1.24. The predicted molar refractivity (Wildman–Crippen MR) is 38.3 cm³/mol. The van der Waals surface area contributed by atoms with Crippen molar-refractivity contribution in [2.45, 2.75) is 19.3 Å². The fourth-order valence-corrected chi connectivity index (χ4v) is 0.614. The Morgan fingerprint density at radius 2 is 2.10 bits per heavy atom. The van der Waals surface area contributed by atoms with Crippen LogP contribution < -0.4 is 5.32 Å². The molecule has 10 heavy (non-hydrogen) atoms. The minimum absolute atomic E-state index is 0.236. The molecule has 0 bridgehead atoms. The highest BCUT2D eigenvalue weighted by Crippen LogP contribution is 1.86. The summed E-state index contributed by atoms with van der Waals surface area (Å²) in [6, 6.07) is 2.02. The van der Waals surface area contributed by atoms with Gasteiger partial charge in [-0.2, -0.15) is 5.26 Å². The largest absolute Gasteiger partial charge is 0.316 e. The lowest BCUT2D eigenvalue weighted by Gasteiger charge is -1.98. The van der Waals surface area contributed by atoms with E-state index in [1.54, 1.807) is 0 Å². The zero-order chi connectivity index (χ0) is 7.66. The lowest BCUT2D eigenvalue weighted by atomic mass is 10.3. The molecule has 0 radical (unpaired) electrons. The van der Waals surface area contributed by atoms with Gasteiger partial charge in [-0.25, -0.2) is 0 Å². The van der Waals surface area contributed by atoms with Crippen LogP contribution in [0.15, 0.2) is 0 Å². The number of nitrogens with zero attached hydrogens (tertiary/aromatic N) is 1. The molecule has 0 amide bonds. The molecule has 1 N–H and O–H groups in total. The fraction of sp³-hybridized carbons (Fsp3) is 0.857. The SMILES string of the molecule is N#CCCNCCCCF. The van der Waals surface area contributed by atoms with E-state index >= 15 is 0 Å². The van der Waals surface area contributed by atoms with Crippen LogP contribution in [0.3, 0.4) is 0 Å². The summed E-state index contributed by atoms with van der Waals surface area (Å²) in [5, 5.41) is 11.2. The first kappa shape index (κ1) is 9.38.